The molecule has 1 aliphatic carbocycles. The molecule has 2 nitrogen and oxygen atoms in total. The van der Waals surface area contributed by atoms with Gasteiger partial charge in [0.25, 0.3) is 0 Å². The zero-order chi connectivity index (χ0) is 8.72. The van der Waals surface area contributed by atoms with E-state index >= 15 is 0 Å². The van der Waals surface area contributed by atoms with Crippen LogP contribution in [0.1, 0.15) is 26.7 Å². The summed E-state index contributed by atoms with van der Waals surface area (Å²) in [6.07, 6.45) is 3.61. The van der Waals surface area contributed by atoms with Crippen molar-refractivity contribution in [3.8, 4) is 0 Å². The number of aliphatic hydroxyl groups is 1. The first-order valence-corrected chi connectivity index (χ1v) is 4.70. The van der Waals surface area contributed by atoms with Crippen molar-refractivity contribution < 1.29 is 9.84 Å². The number of allylic oxidation sites excluding steroid dienone is 1. The average Bonchev–Trinajstić information content (AvgIpc) is 2.42. The van der Waals surface area contributed by atoms with E-state index in [-0.39, 0.29) is 0 Å². The number of rotatable bonds is 0. The van der Waals surface area contributed by atoms with Crippen LogP contribution in [0.15, 0.2) is 11.8 Å². The second kappa shape index (κ2) is 2.77. The maximum atomic E-state index is 9.60. The largest absolute Gasteiger partial charge is 0.472 e. The van der Waals surface area contributed by atoms with Crippen molar-refractivity contribution in [3.63, 3.8) is 0 Å². The van der Waals surface area contributed by atoms with Crippen LogP contribution >= 0.6 is 0 Å². The lowest BCUT2D eigenvalue weighted by Gasteiger charge is -2.31. The van der Waals surface area contributed by atoms with Gasteiger partial charge < -0.3 is 9.84 Å². The first kappa shape index (κ1) is 8.11. The average molecular weight is 168 g/mol. The van der Waals surface area contributed by atoms with Gasteiger partial charge in [0.1, 0.15) is 0 Å². The van der Waals surface area contributed by atoms with E-state index in [2.05, 4.69) is 13.8 Å². The van der Waals surface area contributed by atoms with E-state index < -0.39 is 6.29 Å². The molecule has 12 heavy (non-hydrogen) atoms. The lowest BCUT2D eigenvalue weighted by atomic mass is 9.84. The van der Waals surface area contributed by atoms with E-state index in [0.29, 0.717) is 17.8 Å². The highest BCUT2D eigenvalue weighted by atomic mass is 16.6. The van der Waals surface area contributed by atoms with E-state index in [1.165, 1.54) is 18.4 Å². The van der Waals surface area contributed by atoms with Crippen molar-refractivity contribution >= 4 is 0 Å². The highest BCUT2D eigenvalue weighted by Crippen LogP contribution is 2.45. The Morgan fingerprint density at radius 3 is 2.92 bits per heavy atom. The van der Waals surface area contributed by atoms with Gasteiger partial charge in [-0.05, 0) is 37.2 Å². The smallest absolute Gasteiger partial charge is 0.200 e. The molecule has 4 atom stereocenters. The molecule has 0 aromatic carbocycles. The second-order valence-electron chi connectivity index (χ2n) is 4.13. The summed E-state index contributed by atoms with van der Waals surface area (Å²) >= 11 is 0. The molecule has 1 heterocycles. The quantitative estimate of drug-likeness (QED) is 0.598. The fourth-order valence-electron chi connectivity index (χ4n) is 2.59. The van der Waals surface area contributed by atoms with E-state index in [1.54, 1.807) is 6.26 Å². The molecule has 4 unspecified atom stereocenters. The van der Waals surface area contributed by atoms with E-state index in [0.717, 1.165) is 0 Å². The minimum absolute atomic E-state index is 0.343. The van der Waals surface area contributed by atoms with Gasteiger partial charge in [0.2, 0.25) is 0 Å². The zero-order valence-electron chi connectivity index (χ0n) is 7.66. The molecule has 2 heteroatoms. The Bertz CT molecular complexity index is 210. The minimum atomic E-state index is -0.559. The van der Waals surface area contributed by atoms with Crippen molar-refractivity contribution in [2.24, 2.45) is 17.8 Å². The van der Waals surface area contributed by atoms with Crippen molar-refractivity contribution in [1.82, 2.24) is 0 Å². The van der Waals surface area contributed by atoms with Gasteiger partial charge in [-0.1, -0.05) is 6.92 Å². The molecule has 2 aliphatic rings. The highest BCUT2D eigenvalue weighted by Gasteiger charge is 2.42. The Morgan fingerprint density at radius 2 is 2.25 bits per heavy atom. The molecule has 2 rings (SSSR count). The van der Waals surface area contributed by atoms with Crippen LogP contribution in [-0.2, 0) is 4.74 Å². The number of hydrogen-bond donors (Lipinski definition) is 1. The summed E-state index contributed by atoms with van der Waals surface area (Å²) in [4.78, 5) is 0. The fraction of sp³-hybridized carbons (Fsp3) is 0.800. The van der Waals surface area contributed by atoms with Crippen molar-refractivity contribution in [2.75, 3.05) is 0 Å². The van der Waals surface area contributed by atoms with Gasteiger partial charge >= 0.3 is 0 Å². The first-order valence-electron chi connectivity index (χ1n) is 4.70. The molecule has 0 saturated heterocycles. The molecular weight excluding hydrogens is 152 g/mol. The SMILES string of the molecule is CC1=COC(O)C2C(C)CCC12. The maximum absolute atomic E-state index is 9.60. The van der Waals surface area contributed by atoms with Gasteiger partial charge in [0.05, 0.1) is 6.26 Å². The van der Waals surface area contributed by atoms with Gasteiger partial charge in [-0.25, -0.2) is 0 Å². The number of aliphatic hydroxyl groups excluding tert-OH is 1. The van der Waals surface area contributed by atoms with Crippen LogP contribution in [0.25, 0.3) is 0 Å². The molecule has 68 valence electrons. The summed E-state index contributed by atoms with van der Waals surface area (Å²) in [6, 6.07) is 0. The Morgan fingerprint density at radius 1 is 1.50 bits per heavy atom. The van der Waals surface area contributed by atoms with Crippen LogP contribution in [0, 0.1) is 17.8 Å². The van der Waals surface area contributed by atoms with Crippen LogP contribution < -0.4 is 0 Å². The molecule has 1 fully saturated rings. The highest BCUT2D eigenvalue weighted by molar-refractivity contribution is 5.09. The van der Waals surface area contributed by atoms with Gasteiger partial charge in [-0.15, -0.1) is 0 Å². The standard InChI is InChI=1S/C10H16O2/c1-6-3-4-8-7(2)5-12-10(11)9(6)8/h5-6,8-11H,3-4H2,1-2H3. The van der Waals surface area contributed by atoms with Crippen molar-refractivity contribution in [1.29, 1.82) is 0 Å². The van der Waals surface area contributed by atoms with Gasteiger partial charge in [-0.3, -0.25) is 0 Å². The summed E-state index contributed by atoms with van der Waals surface area (Å²) in [5.41, 5.74) is 1.30. The fourth-order valence-corrected chi connectivity index (χ4v) is 2.59. The zero-order valence-corrected chi connectivity index (χ0v) is 7.66. The second-order valence-corrected chi connectivity index (χ2v) is 4.13. The summed E-state index contributed by atoms with van der Waals surface area (Å²) < 4.78 is 5.17. The van der Waals surface area contributed by atoms with E-state index in [9.17, 15) is 5.11 Å². The predicted molar refractivity (Wildman–Crippen MR) is 46.2 cm³/mol. The Kier molecular flexibility index (Phi) is 1.87. The van der Waals surface area contributed by atoms with Crippen molar-refractivity contribution in [3.05, 3.63) is 11.8 Å². The molecule has 1 aliphatic heterocycles. The topological polar surface area (TPSA) is 29.5 Å². The Labute approximate surface area is 73.2 Å². The van der Waals surface area contributed by atoms with Crippen LogP contribution in [0.5, 0.6) is 0 Å². The monoisotopic (exact) mass is 168 g/mol. The van der Waals surface area contributed by atoms with Crippen LogP contribution in [0.3, 0.4) is 0 Å². The molecule has 0 amide bonds. The summed E-state index contributed by atoms with van der Waals surface area (Å²) in [6.45, 7) is 4.30. The summed E-state index contributed by atoms with van der Waals surface area (Å²) in [7, 11) is 0. The van der Waals surface area contributed by atoms with E-state index in [1.807, 2.05) is 0 Å². The molecule has 0 aromatic heterocycles. The van der Waals surface area contributed by atoms with Crippen LogP contribution in [-0.4, -0.2) is 11.4 Å². The maximum Gasteiger partial charge on any atom is 0.200 e. The first-order chi connectivity index (χ1) is 5.70. The molecular formula is C10H16O2. The third-order valence-corrected chi connectivity index (χ3v) is 3.36. The summed E-state index contributed by atoms with van der Waals surface area (Å²) in [5.74, 6) is 1.52. The molecule has 0 radical (unpaired) electrons. The van der Waals surface area contributed by atoms with Crippen LogP contribution in [0.4, 0.5) is 0 Å². The van der Waals surface area contributed by atoms with Gasteiger partial charge in [0.15, 0.2) is 6.29 Å². The Hall–Kier alpha value is -0.500. The lowest BCUT2D eigenvalue weighted by molar-refractivity contribution is -0.121. The number of hydrogen-bond acceptors (Lipinski definition) is 2. The molecule has 1 saturated carbocycles. The number of fused-ring (bicyclic) bond motifs is 1. The molecule has 0 aromatic rings. The normalized spacial score (nSPS) is 46.4. The molecule has 1 N–H and O–H groups in total. The lowest BCUT2D eigenvalue weighted by Crippen LogP contribution is -2.32. The Balaban J connectivity index is 2.23. The third kappa shape index (κ3) is 1.06. The number of ether oxygens (including phenoxy) is 1. The van der Waals surface area contributed by atoms with Gasteiger partial charge in [0, 0.05) is 5.92 Å². The summed E-state index contributed by atoms with van der Waals surface area (Å²) in [5, 5.41) is 9.60. The van der Waals surface area contributed by atoms with E-state index in [4.69, 9.17) is 4.74 Å². The van der Waals surface area contributed by atoms with Crippen molar-refractivity contribution in [2.45, 2.75) is 33.0 Å². The third-order valence-electron chi connectivity index (χ3n) is 3.36. The van der Waals surface area contributed by atoms with Gasteiger partial charge in [-0.2, -0.15) is 0 Å². The minimum Gasteiger partial charge on any atom is -0.472 e. The van der Waals surface area contributed by atoms with Crippen LogP contribution in [0.2, 0.25) is 0 Å². The molecule has 0 bridgehead atoms. The molecule has 0 spiro atoms. The predicted octanol–water partition coefficient (Wildman–Crippen LogP) is 1.90.